The van der Waals surface area contributed by atoms with Gasteiger partial charge in [0.05, 0.1) is 6.20 Å². The molecule has 0 bridgehead atoms. The summed E-state index contributed by atoms with van der Waals surface area (Å²) in [6.45, 7) is 5.30. The molecule has 0 aliphatic carbocycles. The molecule has 2 rings (SSSR count). The van der Waals surface area contributed by atoms with Crippen LogP contribution in [0.4, 0.5) is 0 Å². The third-order valence-electron chi connectivity index (χ3n) is 2.83. The van der Waals surface area contributed by atoms with E-state index in [0.29, 0.717) is 18.7 Å². The van der Waals surface area contributed by atoms with Crippen molar-refractivity contribution in [1.82, 2.24) is 4.90 Å². The van der Waals surface area contributed by atoms with Crippen LogP contribution in [0.15, 0.2) is 70.9 Å². The molecule has 1 aromatic heterocycles. The van der Waals surface area contributed by atoms with Crippen LogP contribution >= 0.6 is 11.8 Å². The summed E-state index contributed by atoms with van der Waals surface area (Å²) < 4.78 is 7.64. The molecule has 22 heavy (non-hydrogen) atoms. The van der Waals surface area contributed by atoms with Crippen LogP contribution in [-0.4, -0.2) is 16.9 Å². The van der Waals surface area contributed by atoms with Crippen molar-refractivity contribution in [3.05, 3.63) is 65.8 Å². The van der Waals surface area contributed by atoms with Gasteiger partial charge in [0.15, 0.2) is 12.4 Å². The molecule has 5 nitrogen and oxygen atoms in total. The van der Waals surface area contributed by atoms with Crippen LogP contribution in [-0.2, 0) is 11.5 Å². The van der Waals surface area contributed by atoms with Gasteiger partial charge in [0.25, 0.3) is 6.73 Å². The summed E-state index contributed by atoms with van der Waals surface area (Å²) >= 11 is 1.84. The normalized spacial score (nSPS) is 13.8. The highest BCUT2D eigenvalue weighted by Crippen LogP contribution is 2.20. The number of hydrogen-bond acceptors (Lipinski definition) is 5. The van der Waals surface area contributed by atoms with Crippen LogP contribution in [0.25, 0.3) is 0 Å². The average Bonchev–Trinajstić information content (AvgIpc) is 2.50. The molecule has 0 N–H and O–H groups in total. The second-order valence-electron chi connectivity index (χ2n) is 5.06. The fraction of sp³-hybridized carbons (Fsp3) is 0.312. The first-order valence-electron chi connectivity index (χ1n) is 7.05. The molecular formula is C16H20N3O2S+. The SMILES string of the molecule is CC(C)Sc1cc[n+](COCN2C=CC(=CN=O)C=C2)cc1. The third-order valence-corrected chi connectivity index (χ3v) is 3.85. The number of allylic oxidation sites excluding steroid dienone is 3. The number of nitrogens with zero attached hydrogens (tertiary/aromatic N) is 3. The number of nitroso groups, excluding NO2 is 1. The molecule has 0 unspecified atom stereocenters. The molecule has 6 heteroatoms. The van der Waals surface area contributed by atoms with E-state index in [1.165, 1.54) is 11.1 Å². The first kappa shape index (κ1) is 16.5. The zero-order valence-corrected chi connectivity index (χ0v) is 13.6. The summed E-state index contributed by atoms with van der Waals surface area (Å²) in [7, 11) is 0. The van der Waals surface area contributed by atoms with Gasteiger partial charge in [-0.15, -0.1) is 16.7 Å². The lowest BCUT2D eigenvalue weighted by Gasteiger charge is -2.17. The predicted molar refractivity (Wildman–Crippen MR) is 87.6 cm³/mol. The molecule has 116 valence electrons. The molecule has 1 aliphatic heterocycles. The largest absolute Gasteiger partial charge is 0.331 e. The quantitative estimate of drug-likeness (QED) is 0.439. The fourth-order valence-corrected chi connectivity index (χ4v) is 2.66. The second kappa shape index (κ2) is 8.51. The number of thioether (sulfide) groups is 1. The highest BCUT2D eigenvalue weighted by Gasteiger charge is 2.05. The van der Waals surface area contributed by atoms with Crippen LogP contribution in [0.1, 0.15) is 13.8 Å². The number of hydrogen-bond donors (Lipinski definition) is 0. The van der Waals surface area contributed by atoms with Gasteiger partial charge in [0.2, 0.25) is 0 Å². The number of rotatable bonds is 7. The van der Waals surface area contributed by atoms with Gasteiger partial charge in [0, 0.05) is 34.7 Å². The Morgan fingerprint density at radius 2 is 2.00 bits per heavy atom. The highest BCUT2D eigenvalue weighted by atomic mass is 32.2. The summed E-state index contributed by atoms with van der Waals surface area (Å²) in [6.07, 6.45) is 12.6. The zero-order valence-electron chi connectivity index (χ0n) is 12.8. The van der Waals surface area contributed by atoms with E-state index >= 15 is 0 Å². The van der Waals surface area contributed by atoms with E-state index in [9.17, 15) is 4.91 Å². The smallest absolute Gasteiger partial charge is 0.254 e. The van der Waals surface area contributed by atoms with Crippen molar-refractivity contribution in [1.29, 1.82) is 0 Å². The molecule has 1 aliphatic rings. The van der Waals surface area contributed by atoms with Gasteiger partial charge >= 0.3 is 0 Å². The maximum Gasteiger partial charge on any atom is 0.254 e. The first-order chi connectivity index (χ1) is 10.7. The standard InChI is InChI=1S/C16H20N3O2S/c1-14(2)22-16-5-9-19(10-6-16)13-21-12-18-7-3-15(4-8-18)11-17-20/h3-11,14H,12-13H2,1-2H3/q+1. The lowest BCUT2D eigenvalue weighted by Crippen LogP contribution is -2.35. The molecule has 2 heterocycles. The van der Waals surface area contributed by atoms with E-state index in [1.807, 2.05) is 58.2 Å². The van der Waals surface area contributed by atoms with Crippen molar-refractivity contribution >= 4 is 11.8 Å². The molecule has 0 amide bonds. The Morgan fingerprint density at radius 1 is 1.32 bits per heavy atom. The molecule has 0 saturated carbocycles. The average molecular weight is 318 g/mol. The Labute approximate surface area is 134 Å². The number of ether oxygens (including phenoxy) is 1. The molecule has 0 atom stereocenters. The fourth-order valence-electron chi connectivity index (χ4n) is 1.83. The van der Waals surface area contributed by atoms with E-state index < -0.39 is 0 Å². The van der Waals surface area contributed by atoms with Crippen LogP contribution < -0.4 is 4.57 Å². The zero-order chi connectivity index (χ0) is 15.8. The van der Waals surface area contributed by atoms with Crippen molar-refractivity contribution in [2.24, 2.45) is 5.18 Å². The molecule has 0 fully saturated rings. The summed E-state index contributed by atoms with van der Waals surface area (Å²) in [5.74, 6) is 0. The molecular weight excluding hydrogens is 298 g/mol. The van der Waals surface area contributed by atoms with Crippen LogP contribution in [0.2, 0.25) is 0 Å². The number of pyridine rings is 1. The monoisotopic (exact) mass is 318 g/mol. The van der Waals surface area contributed by atoms with Gasteiger partial charge in [-0.1, -0.05) is 13.8 Å². The summed E-state index contributed by atoms with van der Waals surface area (Å²) in [4.78, 5) is 13.3. The minimum atomic E-state index is 0.449. The highest BCUT2D eigenvalue weighted by molar-refractivity contribution is 7.99. The van der Waals surface area contributed by atoms with Gasteiger partial charge in [-0.2, -0.15) is 4.57 Å². The van der Waals surface area contributed by atoms with Gasteiger partial charge < -0.3 is 9.64 Å². The van der Waals surface area contributed by atoms with Crippen molar-refractivity contribution in [3.63, 3.8) is 0 Å². The molecule has 0 radical (unpaired) electrons. The molecule has 0 saturated heterocycles. The summed E-state index contributed by atoms with van der Waals surface area (Å²) in [6, 6.07) is 4.19. The lowest BCUT2D eigenvalue weighted by atomic mass is 10.2. The van der Waals surface area contributed by atoms with Crippen molar-refractivity contribution in [2.45, 2.75) is 30.7 Å². The Hall–Kier alpha value is -1.92. The first-order valence-corrected chi connectivity index (χ1v) is 7.93. The van der Waals surface area contributed by atoms with Crippen molar-refractivity contribution < 1.29 is 9.30 Å². The maximum absolute atomic E-state index is 10.1. The van der Waals surface area contributed by atoms with Crippen molar-refractivity contribution in [2.75, 3.05) is 6.73 Å². The van der Waals surface area contributed by atoms with Crippen LogP contribution in [0.5, 0.6) is 0 Å². The Morgan fingerprint density at radius 3 is 2.59 bits per heavy atom. The van der Waals surface area contributed by atoms with Gasteiger partial charge in [0.1, 0.15) is 6.73 Å². The Kier molecular flexibility index (Phi) is 6.36. The van der Waals surface area contributed by atoms with Gasteiger partial charge in [-0.05, 0) is 22.9 Å². The summed E-state index contributed by atoms with van der Waals surface area (Å²) in [5.41, 5.74) is 0.777. The number of aromatic nitrogens is 1. The third kappa shape index (κ3) is 5.46. The maximum atomic E-state index is 10.1. The van der Waals surface area contributed by atoms with E-state index in [0.717, 1.165) is 5.57 Å². The second-order valence-corrected chi connectivity index (χ2v) is 6.71. The van der Waals surface area contributed by atoms with Crippen LogP contribution in [0.3, 0.4) is 0 Å². The predicted octanol–water partition coefficient (Wildman–Crippen LogP) is 3.40. The molecule has 1 aromatic rings. The molecule has 0 aromatic carbocycles. The Balaban J connectivity index is 1.75. The van der Waals surface area contributed by atoms with Crippen molar-refractivity contribution in [3.8, 4) is 0 Å². The topological polar surface area (TPSA) is 45.8 Å². The van der Waals surface area contributed by atoms with E-state index in [2.05, 4.69) is 31.2 Å². The summed E-state index contributed by atoms with van der Waals surface area (Å²) in [5, 5.41) is 3.32. The van der Waals surface area contributed by atoms with E-state index in [4.69, 9.17) is 4.74 Å². The van der Waals surface area contributed by atoms with E-state index in [1.54, 1.807) is 0 Å². The lowest BCUT2D eigenvalue weighted by molar-refractivity contribution is -0.733. The van der Waals surface area contributed by atoms with Gasteiger partial charge in [-0.3, -0.25) is 0 Å². The minimum absolute atomic E-state index is 0.449. The van der Waals surface area contributed by atoms with Gasteiger partial charge in [-0.25, -0.2) is 0 Å². The molecule has 0 spiro atoms. The van der Waals surface area contributed by atoms with E-state index in [-0.39, 0.29) is 0 Å². The Bertz CT molecular complexity index is 564. The van der Waals surface area contributed by atoms with Crippen LogP contribution in [0, 0.1) is 4.91 Å². The minimum Gasteiger partial charge on any atom is -0.331 e.